The lowest BCUT2D eigenvalue weighted by Gasteiger charge is -2.35. The normalized spacial score (nSPS) is 16.2. The lowest BCUT2D eigenvalue weighted by Crippen LogP contribution is -2.46. The zero-order valence-electron chi connectivity index (χ0n) is 18.7. The van der Waals surface area contributed by atoms with E-state index < -0.39 is 9.84 Å². The molecule has 1 unspecified atom stereocenters. The number of nitrogens with one attached hydrogen (secondary N) is 2. The van der Waals surface area contributed by atoms with Gasteiger partial charge in [-0.2, -0.15) is 0 Å². The van der Waals surface area contributed by atoms with Crippen LogP contribution in [-0.4, -0.2) is 91.4 Å². The number of hydrogen-bond donors (Lipinski definition) is 2. The van der Waals surface area contributed by atoms with E-state index in [1.54, 1.807) is 28.2 Å². The lowest BCUT2D eigenvalue weighted by molar-refractivity contribution is 0.0169. The van der Waals surface area contributed by atoms with Gasteiger partial charge in [0.1, 0.15) is 0 Å². The van der Waals surface area contributed by atoms with E-state index in [-0.39, 0.29) is 41.5 Å². The van der Waals surface area contributed by atoms with Crippen molar-refractivity contribution in [3.63, 3.8) is 0 Å². The Labute approximate surface area is 202 Å². The molecule has 0 amide bonds. The van der Waals surface area contributed by atoms with E-state index >= 15 is 0 Å². The Hall–Kier alpha value is -1.31. The second-order valence-electron chi connectivity index (χ2n) is 6.89. The van der Waals surface area contributed by atoms with Gasteiger partial charge in [0.25, 0.3) is 0 Å². The summed E-state index contributed by atoms with van der Waals surface area (Å²) in [7, 11) is 1.89. The molecule has 2 N–H and O–H groups in total. The predicted octanol–water partition coefficient (Wildman–Crippen LogP) is 1.29. The molecule has 1 aromatic rings. The van der Waals surface area contributed by atoms with Crippen molar-refractivity contribution in [1.29, 1.82) is 0 Å². The van der Waals surface area contributed by atoms with Crippen LogP contribution in [-0.2, 0) is 14.6 Å². The summed E-state index contributed by atoms with van der Waals surface area (Å²) in [4.78, 5) is 6.57. The largest absolute Gasteiger partial charge is 0.493 e. The summed E-state index contributed by atoms with van der Waals surface area (Å²) in [6, 6.07) is 5.99. The van der Waals surface area contributed by atoms with Crippen molar-refractivity contribution < 1.29 is 22.6 Å². The Morgan fingerprint density at radius 2 is 1.87 bits per heavy atom. The number of morpholine rings is 1. The van der Waals surface area contributed by atoms with E-state index in [1.165, 1.54) is 0 Å². The van der Waals surface area contributed by atoms with Crippen LogP contribution in [0.3, 0.4) is 0 Å². The van der Waals surface area contributed by atoms with Crippen molar-refractivity contribution in [3.05, 3.63) is 23.8 Å². The van der Waals surface area contributed by atoms with Gasteiger partial charge in [-0.05, 0) is 17.7 Å². The number of guanidine groups is 1. The van der Waals surface area contributed by atoms with Crippen LogP contribution < -0.4 is 20.1 Å². The molecule has 11 heteroatoms. The summed E-state index contributed by atoms with van der Waals surface area (Å²) < 4.78 is 39.7. The molecule has 1 aliphatic heterocycles. The molecule has 0 bridgehead atoms. The topological polar surface area (TPSA) is 101 Å². The molecule has 0 saturated carbocycles. The highest BCUT2D eigenvalue weighted by Gasteiger charge is 2.24. The van der Waals surface area contributed by atoms with Gasteiger partial charge < -0.3 is 24.8 Å². The molecule has 9 nitrogen and oxygen atoms in total. The molecule has 0 aliphatic carbocycles. The number of sulfone groups is 1. The number of methoxy groups -OCH3 is 2. The third kappa shape index (κ3) is 8.62. The molecule has 178 valence electrons. The maximum atomic E-state index is 11.7. The highest BCUT2D eigenvalue weighted by molar-refractivity contribution is 14.0. The summed E-state index contributed by atoms with van der Waals surface area (Å²) in [5.41, 5.74) is 1.09. The molecular weight excluding hydrogens is 535 g/mol. The van der Waals surface area contributed by atoms with Crippen LogP contribution in [0.2, 0.25) is 0 Å². The van der Waals surface area contributed by atoms with Crippen LogP contribution in [0, 0.1) is 0 Å². The van der Waals surface area contributed by atoms with Crippen molar-refractivity contribution >= 4 is 39.8 Å². The fraction of sp³-hybridized carbons (Fsp3) is 0.650. The monoisotopic (exact) mass is 570 g/mol. The third-order valence-electron chi connectivity index (χ3n) is 5.11. The second-order valence-corrected chi connectivity index (χ2v) is 9.37. The highest BCUT2D eigenvalue weighted by Crippen LogP contribution is 2.32. The summed E-state index contributed by atoms with van der Waals surface area (Å²) in [6.45, 7) is 5.57. The lowest BCUT2D eigenvalue weighted by atomic mass is 10.0. The van der Waals surface area contributed by atoms with Crippen LogP contribution in [0.4, 0.5) is 0 Å². The Morgan fingerprint density at radius 1 is 1.19 bits per heavy atom. The predicted molar refractivity (Wildman–Crippen MR) is 134 cm³/mol. The number of ether oxygens (including phenoxy) is 3. The van der Waals surface area contributed by atoms with Crippen molar-refractivity contribution in [1.82, 2.24) is 15.5 Å². The second kappa shape index (κ2) is 14.0. The molecule has 1 saturated heterocycles. The Balaban J connectivity index is 0.00000480. The van der Waals surface area contributed by atoms with Gasteiger partial charge in [0.15, 0.2) is 27.3 Å². The molecule has 0 radical (unpaired) electrons. The molecule has 1 aromatic carbocycles. The fourth-order valence-electron chi connectivity index (χ4n) is 3.29. The molecule has 1 atom stereocenters. The number of rotatable bonds is 10. The third-order valence-corrected chi connectivity index (χ3v) is 6.82. The number of aliphatic imine (C=N–C) groups is 1. The van der Waals surface area contributed by atoms with E-state index in [1.807, 2.05) is 18.2 Å². The van der Waals surface area contributed by atoms with Crippen LogP contribution in [0.25, 0.3) is 0 Å². The minimum absolute atomic E-state index is 0. The smallest absolute Gasteiger partial charge is 0.191 e. The SMILES string of the molecule is CCS(=O)(=O)CCNC(=NC)NCC(c1ccc(OC)c(OC)c1)N1CCOCC1.I. The van der Waals surface area contributed by atoms with Crippen LogP contribution >= 0.6 is 24.0 Å². The number of nitrogens with zero attached hydrogens (tertiary/aromatic N) is 2. The molecule has 0 spiro atoms. The van der Waals surface area contributed by atoms with E-state index in [0.29, 0.717) is 43.8 Å². The van der Waals surface area contributed by atoms with Gasteiger partial charge in [-0.25, -0.2) is 8.42 Å². The standard InChI is InChI=1S/C20H34N4O5S.HI/c1-5-30(25,26)13-8-22-20(21-2)23-15-17(24-9-11-29-12-10-24)16-6-7-18(27-3)19(14-16)28-4;/h6-7,14,17H,5,8-13,15H2,1-4H3,(H2,21,22,23);1H. The van der Waals surface area contributed by atoms with E-state index in [0.717, 1.165) is 18.7 Å². The van der Waals surface area contributed by atoms with Gasteiger partial charge >= 0.3 is 0 Å². The Morgan fingerprint density at radius 3 is 2.45 bits per heavy atom. The first-order chi connectivity index (χ1) is 14.4. The summed E-state index contributed by atoms with van der Waals surface area (Å²) in [6.07, 6.45) is 0. The van der Waals surface area contributed by atoms with Gasteiger partial charge in [-0.15, -0.1) is 24.0 Å². The van der Waals surface area contributed by atoms with Crippen molar-refractivity contribution in [3.8, 4) is 11.5 Å². The summed E-state index contributed by atoms with van der Waals surface area (Å²) in [5.74, 6) is 2.15. The van der Waals surface area contributed by atoms with Gasteiger partial charge in [-0.1, -0.05) is 13.0 Å². The number of hydrogen-bond acceptors (Lipinski definition) is 7. The minimum atomic E-state index is -3.02. The Bertz CT molecular complexity index is 801. The molecule has 2 rings (SSSR count). The zero-order valence-corrected chi connectivity index (χ0v) is 21.9. The maximum absolute atomic E-state index is 11.7. The Kier molecular flexibility index (Phi) is 12.5. The van der Waals surface area contributed by atoms with E-state index in [9.17, 15) is 8.42 Å². The van der Waals surface area contributed by atoms with Gasteiger partial charge in [0.05, 0.1) is 39.2 Å². The van der Waals surface area contributed by atoms with E-state index in [4.69, 9.17) is 14.2 Å². The van der Waals surface area contributed by atoms with Crippen LogP contribution in [0.15, 0.2) is 23.2 Å². The first-order valence-electron chi connectivity index (χ1n) is 10.1. The minimum Gasteiger partial charge on any atom is -0.493 e. The fourth-order valence-corrected chi connectivity index (χ4v) is 3.99. The summed E-state index contributed by atoms with van der Waals surface area (Å²) in [5, 5.41) is 6.41. The quantitative estimate of drug-likeness (QED) is 0.247. The van der Waals surface area contributed by atoms with Crippen molar-refractivity contribution in [2.24, 2.45) is 4.99 Å². The van der Waals surface area contributed by atoms with Gasteiger partial charge in [-0.3, -0.25) is 9.89 Å². The van der Waals surface area contributed by atoms with Gasteiger partial charge in [0, 0.05) is 39.0 Å². The average molecular weight is 570 g/mol. The molecular formula is C20H35IN4O5S. The van der Waals surface area contributed by atoms with Crippen LogP contribution in [0.5, 0.6) is 11.5 Å². The maximum Gasteiger partial charge on any atom is 0.191 e. The van der Waals surface area contributed by atoms with Crippen molar-refractivity contribution in [2.45, 2.75) is 13.0 Å². The molecule has 0 aromatic heterocycles. The first-order valence-corrected chi connectivity index (χ1v) is 11.9. The van der Waals surface area contributed by atoms with Gasteiger partial charge in [0.2, 0.25) is 0 Å². The average Bonchev–Trinajstić information content (AvgIpc) is 2.78. The van der Waals surface area contributed by atoms with Crippen molar-refractivity contribution in [2.75, 3.05) is 72.2 Å². The van der Waals surface area contributed by atoms with Crippen LogP contribution in [0.1, 0.15) is 18.5 Å². The summed E-state index contributed by atoms with van der Waals surface area (Å²) >= 11 is 0. The molecule has 1 fully saturated rings. The number of benzene rings is 1. The highest BCUT2D eigenvalue weighted by atomic mass is 127. The van der Waals surface area contributed by atoms with E-state index in [2.05, 4.69) is 20.5 Å². The molecule has 31 heavy (non-hydrogen) atoms. The molecule has 1 aliphatic rings. The zero-order chi connectivity index (χ0) is 22.0. The first kappa shape index (κ1) is 27.7. The molecule has 1 heterocycles. The number of halogens is 1.